The summed E-state index contributed by atoms with van der Waals surface area (Å²) in [5.41, 5.74) is 7.02. The van der Waals surface area contributed by atoms with Crippen LogP contribution in [0.25, 0.3) is 11.4 Å². The van der Waals surface area contributed by atoms with Crippen LogP contribution in [-0.4, -0.2) is 74.8 Å². The number of imide groups is 1. The molecule has 6 rings (SSSR count). The van der Waals surface area contributed by atoms with Crippen LogP contribution in [0.5, 0.6) is 5.75 Å². The van der Waals surface area contributed by atoms with Crippen molar-refractivity contribution in [2.45, 2.75) is 63.9 Å². The fraction of sp³-hybridized carbons (Fsp3) is 0.520. The van der Waals surface area contributed by atoms with Gasteiger partial charge in [-0.1, -0.05) is 13.8 Å². The second-order valence-corrected chi connectivity index (χ2v) is 10.3. The number of fused-ring (bicyclic) bond motifs is 3. The molecule has 1 aliphatic carbocycles. The minimum absolute atomic E-state index is 0.00225. The van der Waals surface area contributed by atoms with Gasteiger partial charge in [-0.2, -0.15) is 0 Å². The predicted octanol–water partition coefficient (Wildman–Crippen LogP) is 1.32. The summed E-state index contributed by atoms with van der Waals surface area (Å²) in [6.07, 6.45) is 3.17. The third kappa shape index (κ3) is 3.44. The first-order chi connectivity index (χ1) is 17.3. The molecule has 4 heterocycles. The zero-order valence-corrected chi connectivity index (χ0v) is 20.3. The Morgan fingerprint density at radius 1 is 1.17 bits per heavy atom. The van der Waals surface area contributed by atoms with Gasteiger partial charge in [0.05, 0.1) is 18.2 Å². The van der Waals surface area contributed by atoms with Crippen molar-refractivity contribution in [1.29, 1.82) is 0 Å². The maximum Gasteiger partial charge on any atom is 0.333 e. The third-order valence-corrected chi connectivity index (χ3v) is 7.52. The zero-order valence-electron chi connectivity index (χ0n) is 20.3. The number of carbonyl (C=O) groups excluding carboxylic acids is 3. The molecule has 1 aromatic heterocycles. The van der Waals surface area contributed by atoms with Gasteiger partial charge in [0.1, 0.15) is 30.3 Å². The normalized spacial score (nSPS) is 25.8. The van der Waals surface area contributed by atoms with Crippen LogP contribution in [0.3, 0.4) is 0 Å². The van der Waals surface area contributed by atoms with E-state index in [1.165, 1.54) is 4.90 Å². The van der Waals surface area contributed by atoms with Crippen LogP contribution in [0.1, 0.15) is 33.1 Å². The van der Waals surface area contributed by atoms with Gasteiger partial charge < -0.3 is 25.0 Å². The number of ether oxygens (including phenoxy) is 1. The number of aliphatic hydroxyl groups is 1. The van der Waals surface area contributed by atoms with Crippen LogP contribution in [0.4, 0.5) is 16.3 Å². The number of hydrogen-bond acceptors (Lipinski definition) is 7. The van der Waals surface area contributed by atoms with E-state index >= 15 is 0 Å². The van der Waals surface area contributed by atoms with Gasteiger partial charge in [-0.05, 0) is 37.3 Å². The Kier molecular flexibility index (Phi) is 5.22. The van der Waals surface area contributed by atoms with Crippen LogP contribution in [-0.2, 0) is 16.1 Å². The summed E-state index contributed by atoms with van der Waals surface area (Å²) >= 11 is 0. The monoisotopic (exact) mass is 494 g/mol. The van der Waals surface area contributed by atoms with Gasteiger partial charge >= 0.3 is 6.03 Å². The molecule has 0 bridgehead atoms. The van der Waals surface area contributed by atoms with E-state index in [9.17, 15) is 19.5 Å². The lowest BCUT2D eigenvalue weighted by atomic mass is 10.0. The first-order valence-electron chi connectivity index (χ1n) is 12.5. The number of aliphatic hydroxyl groups excluding tert-OH is 1. The average Bonchev–Trinajstić information content (AvgIpc) is 3.40. The second-order valence-electron chi connectivity index (χ2n) is 10.3. The van der Waals surface area contributed by atoms with E-state index in [4.69, 9.17) is 15.5 Å². The van der Waals surface area contributed by atoms with Gasteiger partial charge in [0.2, 0.25) is 5.91 Å². The summed E-state index contributed by atoms with van der Waals surface area (Å²) < 4.78 is 7.97. The molecule has 0 spiro atoms. The molecule has 3 atom stereocenters. The van der Waals surface area contributed by atoms with Crippen molar-refractivity contribution in [3.8, 4) is 17.1 Å². The number of nitrogens with zero attached hydrogens (tertiary/aromatic N) is 5. The minimum Gasteiger partial charge on any atom is -0.491 e. The van der Waals surface area contributed by atoms with E-state index in [0.29, 0.717) is 43.5 Å². The number of primary amides is 1. The summed E-state index contributed by atoms with van der Waals surface area (Å²) in [5, 5.41) is 10.2. The molecule has 0 radical (unpaired) electrons. The van der Waals surface area contributed by atoms with Crippen molar-refractivity contribution < 1.29 is 24.2 Å². The maximum atomic E-state index is 13.3. The first-order valence-corrected chi connectivity index (χ1v) is 12.5. The van der Waals surface area contributed by atoms with Gasteiger partial charge in [0.25, 0.3) is 5.91 Å². The van der Waals surface area contributed by atoms with Gasteiger partial charge in [-0.15, -0.1) is 0 Å². The van der Waals surface area contributed by atoms with Crippen LogP contribution in [0, 0.1) is 5.92 Å². The van der Waals surface area contributed by atoms with E-state index in [-0.39, 0.29) is 23.9 Å². The highest BCUT2D eigenvalue weighted by Crippen LogP contribution is 2.41. The van der Waals surface area contributed by atoms with Gasteiger partial charge in [-0.3, -0.25) is 19.4 Å². The number of hydrogen-bond donors (Lipinski definition) is 2. The Hall–Kier alpha value is -3.60. The molecule has 4 aliphatic rings. The Morgan fingerprint density at radius 2 is 1.94 bits per heavy atom. The Morgan fingerprint density at radius 3 is 2.64 bits per heavy atom. The fourth-order valence-corrected chi connectivity index (χ4v) is 5.64. The molecule has 1 aromatic carbocycles. The van der Waals surface area contributed by atoms with Crippen molar-refractivity contribution in [2.24, 2.45) is 11.7 Å². The number of anilines is 2. The molecule has 2 saturated heterocycles. The largest absolute Gasteiger partial charge is 0.491 e. The van der Waals surface area contributed by atoms with E-state index < -0.39 is 24.1 Å². The zero-order chi connectivity index (χ0) is 25.3. The fourth-order valence-electron chi connectivity index (χ4n) is 5.64. The van der Waals surface area contributed by atoms with Crippen LogP contribution < -0.4 is 20.3 Å². The highest BCUT2D eigenvalue weighted by molar-refractivity contribution is 6.14. The average molecular weight is 495 g/mol. The number of nitrogens with two attached hydrogens (primary N) is 1. The molecule has 1 unspecified atom stereocenters. The molecular formula is C25H30N6O5. The molecule has 2 aromatic rings. The summed E-state index contributed by atoms with van der Waals surface area (Å²) in [6.45, 7) is 5.30. The summed E-state index contributed by atoms with van der Waals surface area (Å²) in [5.74, 6) is 0.922. The standard InChI is InChI=1S/C25H30N6O5/c1-13(2)20-24(34)30(14-3-4-14)25(35)31(20)19-12-28-9-10-36-18-11-15(5-6-16(18)23(28)27-19)29-8-7-17(32)21(29)22(26)33/h5-6,11-14,17,20-21,32H,3-4,7-10H2,1-2H3,(H2,26,33)/t17-,20?,21-/m0/s1. The predicted molar refractivity (Wildman–Crippen MR) is 130 cm³/mol. The van der Waals surface area contributed by atoms with Crippen molar-refractivity contribution in [3.63, 3.8) is 0 Å². The summed E-state index contributed by atoms with van der Waals surface area (Å²) in [6, 6.07) is 3.89. The Labute approximate surface area is 208 Å². The number of aromatic nitrogens is 2. The minimum atomic E-state index is -0.812. The number of imidazole rings is 1. The molecule has 3 aliphatic heterocycles. The summed E-state index contributed by atoms with van der Waals surface area (Å²) in [4.78, 5) is 48.0. The van der Waals surface area contributed by atoms with E-state index in [1.807, 2.05) is 42.8 Å². The molecule has 11 nitrogen and oxygen atoms in total. The Balaban J connectivity index is 1.36. The van der Waals surface area contributed by atoms with E-state index in [2.05, 4.69) is 0 Å². The van der Waals surface area contributed by atoms with E-state index in [0.717, 1.165) is 24.1 Å². The quantitative estimate of drug-likeness (QED) is 0.599. The smallest absolute Gasteiger partial charge is 0.333 e. The molecule has 11 heteroatoms. The number of amides is 4. The first kappa shape index (κ1) is 22.8. The lowest BCUT2D eigenvalue weighted by molar-refractivity contribution is -0.128. The molecule has 36 heavy (non-hydrogen) atoms. The lowest BCUT2D eigenvalue weighted by Gasteiger charge is -2.26. The topological polar surface area (TPSA) is 134 Å². The van der Waals surface area contributed by atoms with Crippen LogP contribution in [0.15, 0.2) is 24.4 Å². The molecule has 1 saturated carbocycles. The van der Waals surface area contributed by atoms with Gasteiger partial charge in [-0.25, -0.2) is 9.78 Å². The Bertz CT molecular complexity index is 1250. The molecule has 4 amide bonds. The number of urea groups is 1. The summed E-state index contributed by atoms with van der Waals surface area (Å²) in [7, 11) is 0. The molecule has 190 valence electrons. The highest BCUT2D eigenvalue weighted by atomic mass is 16.5. The van der Waals surface area contributed by atoms with E-state index in [1.54, 1.807) is 9.80 Å². The van der Waals surface area contributed by atoms with Crippen LogP contribution >= 0.6 is 0 Å². The third-order valence-electron chi connectivity index (χ3n) is 7.52. The van der Waals surface area contributed by atoms with Crippen molar-refractivity contribution in [1.82, 2.24) is 14.5 Å². The lowest BCUT2D eigenvalue weighted by Crippen LogP contribution is -2.45. The number of rotatable bonds is 5. The second kappa shape index (κ2) is 8.22. The highest BCUT2D eigenvalue weighted by Gasteiger charge is 2.53. The van der Waals surface area contributed by atoms with Crippen molar-refractivity contribution >= 4 is 29.4 Å². The number of carbonyl (C=O) groups is 3. The van der Waals surface area contributed by atoms with Gasteiger partial charge in [0, 0.05) is 30.5 Å². The SMILES string of the molecule is CC(C)C1C(=O)N(C2CC2)C(=O)N1c1cn2c(n1)-c1ccc(N3CC[C@H](O)[C@H]3C(N)=O)cc1OCC2. The number of benzene rings is 1. The molecule has 3 N–H and O–H groups in total. The van der Waals surface area contributed by atoms with Crippen molar-refractivity contribution in [3.05, 3.63) is 24.4 Å². The maximum absolute atomic E-state index is 13.3. The molecule has 3 fully saturated rings. The van der Waals surface area contributed by atoms with Crippen molar-refractivity contribution in [2.75, 3.05) is 23.0 Å². The van der Waals surface area contributed by atoms with Crippen LogP contribution in [0.2, 0.25) is 0 Å². The van der Waals surface area contributed by atoms with Gasteiger partial charge in [0.15, 0.2) is 5.82 Å². The molecular weight excluding hydrogens is 464 g/mol.